The van der Waals surface area contributed by atoms with E-state index in [1.807, 2.05) is 31.2 Å². The highest BCUT2D eigenvalue weighted by Gasteiger charge is 2.33. The normalized spacial score (nSPS) is 16.4. The molecule has 1 amide bonds. The Bertz CT molecular complexity index is 443. The number of nitrogens with zero attached hydrogens (tertiary/aromatic N) is 1. The highest BCUT2D eigenvalue weighted by molar-refractivity contribution is 5.95. The lowest BCUT2D eigenvalue weighted by Gasteiger charge is -2.27. The van der Waals surface area contributed by atoms with Crippen LogP contribution in [0.2, 0.25) is 0 Å². The quantitative estimate of drug-likeness (QED) is 0.823. The lowest BCUT2D eigenvalue weighted by molar-refractivity contribution is -0.120. The standard InChI is InChI=1S/C15H23N3O/c1-3-18(13-8-9-13)11(2)15(19)17-14-7-5-4-6-12(14)10-16/h4-7,11,13H,3,8-10,16H2,1-2H3,(H,17,19). The van der Waals surface area contributed by atoms with Gasteiger partial charge < -0.3 is 11.1 Å². The van der Waals surface area contributed by atoms with Crippen LogP contribution in [-0.2, 0) is 11.3 Å². The van der Waals surface area contributed by atoms with Gasteiger partial charge >= 0.3 is 0 Å². The number of anilines is 1. The second-order valence-electron chi connectivity index (χ2n) is 5.09. The Labute approximate surface area is 115 Å². The molecule has 1 fully saturated rings. The molecule has 0 aromatic heterocycles. The Balaban J connectivity index is 2.03. The summed E-state index contributed by atoms with van der Waals surface area (Å²) in [6.07, 6.45) is 2.43. The van der Waals surface area contributed by atoms with E-state index in [0.29, 0.717) is 12.6 Å². The van der Waals surface area contributed by atoms with E-state index in [2.05, 4.69) is 17.1 Å². The minimum absolute atomic E-state index is 0.0506. The molecule has 0 bridgehead atoms. The zero-order chi connectivity index (χ0) is 13.8. The van der Waals surface area contributed by atoms with Crippen molar-refractivity contribution in [1.82, 2.24) is 4.90 Å². The molecule has 1 unspecified atom stereocenters. The summed E-state index contributed by atoms with van der Waals surface area (Å²) < 4.78 is 0. The number of para-hydroxylation sites is 1. The van der Waals surface area contributed by atoms with E-state index in [0.717, 1.165) is 17.8 Å². The summed E-state index contributed by atoms with van der Waals surface area (Å²) in [5.74, 6) is 0.0506. The van der Waals surface area contributed by atoms with Gasteiger partial charge in [-0.1, -0.05) is 25.1 Å². The van der Waals surface area contributed by atoms with Gasteiger partial charge in [-0.25, -0.2) is 0 Å². The predicted molar refractivity (Wildman–Crippen MR) is 77.8 cm³/mol. The van der Waals surface area contributed by atoms with E-state index < -0.39 is 0 Å². The van der Waals surface area contributed by atoms with E-state index >= 15 is 0 Å². The van der Waals surface area contributed by atoms with Gasteiger partial charge in [-0.2, -0.15) is 0 Å². The molecule has 0 heterocycles. The monoisotopic (exact) mass is 261 g/mol. The summed E-state index contributed by atoms with van der Waals surface area (Å²) in [7, 11) is 0. The summed E-state index contributed by atoms with van der Waals surface area (Å²) in [4.78, 5) is 14.6. The van der Waals surface area contributed by atoms with Crippen molar-refractivity contribution in [1.29, 1.82) is 0 Å². The van der Waals surface area contributed by atoms with Crippen molar-refractivity contribution in [3.8, 4) is 0 Å². The van der Waals surface area contributed by atoms with E-state index in [-0.39, 0.29) is 11.9 Å². The Hall–Kier alpha value is -1.39. The van der Waals surface area contributed by atoms with Crippen molar-refractivity contribution < 1.29 is 4.79 Å². The Morgan fingerprint density at radius 2 is 2.16 bits per heavy atom. The molecular weight excluding hydrogens is 238 g/mol. The number of nitrogens with one attached hydrogen (secondary N) is 1. The van der Waals surface area contributed by atoms with Crippen LogP contribution in [0.25, 0.3) is 0 Å². The van der Waals surface area contributed by atoms with E-state index in [1.165, 1.54) is 12.8 Å². The lowest BCUT2D eigenvalue weighted by Crippen LogP contribution is -2.43. The number of hydrogen-bond acceptors (Lipinski definition) is 3. The average molecular weight is 261 g/mol. The maximum absolute atomic E-state index is 12.3. The maximum atomic E-state index is 12.3. The molecule has 4 heteroatoms. The molecule has 19 heavy (non-hydrogen) atoms. The highest BCUT2D eigenvalue weighted by atomic mass is 16.2. The van der Waals surface area contributed by atoms with Gasteiger partial charge in [0.05, 0.1) is 6.04 Å². The summed E-state index contributed by atoms with van der Waals surface area (Å²) in [5, 5.41) is 3.00. The zero-order valence-electron chi connectivity index (χ0n) is 11.7. The summed E-state index contributed by atoms with van der Waals surface area (Å²) in [6, 6.07) is 8.19. The summed E-state index contributed by atoms with van der Waals surface area (Å²) in [6.45, 7) is 5.43. The average Bonchev–Trinajstić information content (AvgIpc) is 3.24. The van der Waals surface area contributed by atoms with E-state index in [4.69, 9.17) is 5.73 Å². The van der Waals surface area contributed by atoms with Crippen molar-refractivity contribution in [2.45, 2.75) is 45.3 Å². The van der Waals surface area contributed by atoms with Crippen LogP contribution >= 0.6 is 0 Å². The third-order valence-corrected chi connectivity index (χ3v) is 3.75. The van der Waals surface area contributed by atoms with Crippen LogP contribution in [0, 0.1) is 0 Å². The number of carbonyl (C=O) groups is 1. The Morgan fingerprint density at radius 1 is 1.47 bits per heavy atom. The number of hydrogen-bond donors (Lipinski definition) is 2. The van der Waals surface area contributed by atoms with Crippen molar-refractivity contribution in [2.24, 2.45) is 5.73 Å². The first-order valence-corrected chi connectivity index (χ1v) is 7.02. The zero-order valence-corrected chi connectivity index (χ0v) is 11.7. The van der Waals surface area contributed by atoms with Crippen molar-refractivity contribution >= 4 is 11.6 Å². The molecule has 1 atom stereocenters. The van der Waals surface area contributed by atoms with Crippen LogP contribution in [0.5, 0.6) is 0 Å². The fourth-order valence-corrected chi connectivity index (χ4v) is 2.46. The first kappa shape index (κ1) is 14.0. The number of amides is 1. The van der Waals surface area contributed by atoms with Crippen molar-refractivity contribution in [3.05, 3.63) is 29.8 Å². The third-order valence-electron chi connectivity index (χ3n) is 3.75. The van der Waals surface area contributed by atoms with Crippen LogP contribution in [0.4, 0.5) is 5.69 Å². The minimum atomic E-state index is -0.0941. The molecule has 2 rings (SSSR count). The number of carbonyl (C=O) groups excluding carboxylic acids is 1. The first-order chi connectivity index (χ1) is 9.17. The molecule has 3 N–H and O–H groups in total. The van der Waals surface area contributed by atoms with Crippen LogP contribution in [0.3, 0.4) is 0 Å². The molecule has 1 aromatic rings. The van der Waals surface area contributed by atoms with Gasteiger partial charge in [-0.05, 0) is 37.9 Å². The molecule has 4 nitrogen and oxygen atoms in total. The molecule has 0 spiro atoms. The highest BCUT2D eigenvalue weighted by Crippen LogP contribution is 2.28. The van der Waals surface area contributed by atoms with Gasteiger partial charge in [-0.15, -0.1) is 0 Å². The van der Waals surface area contributed by atoms with Gasteiger partial charge in [0.2, 0.25) is 5.91 Å². The molecule has 1 aromatic carbocycles. The molecule has 1 saturated carbocycles. The molecule has 0 radical (unpaired) electrons. The summed E-state index contributed by atoms with van der Waals surface area (Å²) >= 11 is 0. The Kier molecular flexibility index (Phi) is 4.56. The van der Waals surface area contributed by atoms with E-state index in [9.17, 15) is 4.79 Å². The smallest absolute Gasteiger partial charge is 0.241 e. The molecule has 1 aliphatic rings. The number of rotatable bonds is 6. The second-order valence-corrected chi connectivity index (χ2v) is 5.09. The largest absolute Gasteiger partial charge is 0.326 e. The third kappa shape index (κ3) is 3.33. The van der Waals surface area contributed by atoms with Gasteiger partial charge in [0.25, 0.3) is 0 Å². The predicted octanol–water partition coefficient (Wildman–Crippen LogP) is 1.96. The first-order valence-electron chi connectivity index (χ1n) is 7.02. The molecule has 0 aliphatic heterocycles. The fraction of sp³-hybridized carbons (Fsp3) is 0.533. The van der Waals surface area contributed by atoms with Gasteiger partial charge in [0.15, 0.2) is 0 Å². The second kappa shape index (κ2) is 6.17. The molecular formula is C15H23N3O. The molecule has 104 valence electrons. The lowest BCUT2D eigenvalue weighted by atomic mass is 10.1. The van der Waals surface area contributed by atoms with Crippen LogP contribution in [0.15, 0.2) is 24.3 Å². The van der Waals surface area contributed by atoms with Crippen molar-refractivity contribution in [3.63, 3.8) is 0 Å². The van der Waals surface area contributed by atoms with E-state index in [1.54, 1.807) is 0 Å². The van der Waals surface area contributed by atoms with Crippen LogP contribution < -0.4 is 11.1 Å². The van der Waals surface area contributed by atoms with Gasteiger partial charge in [0.1, 0.15) is 0 Å². The molecule has 0 saturated heterocycles. The molecule has 1 aliphatic carbocycles. The number of likely N-dealkylation sites (N-methyl/N-ethyl adjacent to an activating group) is 1. The van der Waals surface area contributed by atoms with Gasteiger partial charge in [-0.3, -0.25) is 9.69 Å². The SMILES string of the molecule is CCN(C1CC1)C(C)C(=O)Nc1ccccc1CN. The van der Waals surface area contributed by atoms with Gasteiger partial charge in [0, 0.05) is 18.3 Å². The number of nitrogens with two attached hydrogens (primary N) is 1. The fourth-order valence-electron chi connectivity index (χ4n) is 2.46. The maximum Gasteiger partial charge on any atom is 0.241 e. The number of benzene rings is 1. The van der Waals surface area contributed by atoms with Crippen molar-refractivity contribution in [2.75, 3.05) is 11.9 Å². The Morgan fingerprint density at radius 3 is 2.74 bits per heavy atom. The minimum Gasteiger partial charge on any atom is -0.326 e. The topological polar surface area (TPSA) is 58.4 Å². The van der Waals surface area contributed by atoms with Crippen LogP contribution in [-0.4, -0.2) is 29.4 Å². The van der Waals surface area contributed by atoms with Crippen LogP contribution in [0.1, 0.15) is 32.3 Å². The summed E-state index contributed by atoms with van der Waals surface area (Å²) in [5.41, 5.74) is 7.48.